The van der Waals surface area contributed by atoms with Crippen molar-refractivity contribution in [3.05, 3.63) is 59.3 Å². The Morgan fingerprint density at radius 2 is 1.96 bits per heavy atom. The highest BCUT2D eigenvalue weighted by Gasteiger charge is 2.25. The number of carbonyl (C=O) groups is 2. The Kier molecular flexibility index (Phi) is 5.99. The number of hydrogen-bond acceptors (Lipinski definition) is 5. The lowest BCUT2D eigenvalue weighted by Gasteiger charge is -2.17. The molecule has 0 saturated carbocycles. The van der Waals surface area contributed by atoms with Crippen LogP contribution in [-0.2, 0) is 16.0 Å². The summed E-state index contributed by atoms with van der Waals surface area (Å²) in [5, 5.41) is 2.35. The van der Waals surface area contributed by atoms with Gasteiger partial charge >= 0.3 is 5.97 Å². The molecular formula is C17H16F2N2O4. The minimum atomic E-state index is -1.28. The molecule has 1 heterocycles. The Morgan fingerprint density at radius 1 is 1.20 bits per heavy atom. The van der Waals surface area contributed by atoms with Crippen molar-refractivity contribution in [2.45, 2.75) is 12.5 Å². The molecule has 2 aromatic rings. The van der Waals surface area contributed by atoms with Crippen molar-refractivity contribution < 1.29 is 27.8 Å². The van der Waals surface area contributed by atoms with E-state index in [1.807, 2.05) is 0 Å². The predicted molar refractivity (Wildman–Crippen MR) is 84.1 cm³/mol. The molecule has 0 aliphatic heterocycles. The number of methoxy groups -OCH3 is 2. The van der Waals surface area contributed by atoms with E-state index in [2.05, 4.69) is 15.0 Å². The number of esters is 1. The number of amides is 1. The molecule has 0 radical (unpaired) electrons. The third-order valence-corrected chi connectivity index (χ3v) is 3.43. The molecule has 0 bridgehead atoms. The zero-order valence-corrected chi connectivity index (χ0v) is 13.6. The molecule has 0 unspecified atom stereocenters. The molecule has 0 aliphatic rings. The summed E-state index contributed by atoms with van der Waals surface area (Å²) in [6.07, 6.45) is 1.54. The maximum atomic E-state index is 13.7. The highest BCUT2D eigenvalue weighted by atomic mass is 19.2. The molecule has 6 nitrogen and oxygen atoms in total. The van der Waals surface area contributed by atoms with Gasteiger partial charge in [-0.3, -0.25) is 4.79 Å². The summed E-state index contributed by atoms with van der Waals surface area (Å²) in [5.74, 6) is -3.68. The fraction of sp³-hybridized carbons (Fsp3) is 0.235. The fourth-order valence-electron chi connectivity index (χ4n) is 2.14. The molecular weight excluding hydrogens is 334 g/mol. The number of nitrogens with zero attached hydrogens (tertiary/aromatic N) is 1. The number of halogens is 2. The number of carbonyl (C=O) groups excluding carboxylic acids is 2. The van der Waals surface area contributed by atoms with Crippen molar-refractivity contribution in [2.75, 3.05) is 14.2 Å². The molecule has 132 valence electrons. The van der Waals surface area contributed by atoms with E-state index in [1.165, 1.54) is 19.4 Å². The van der Waals surface area contributed by atoms with Crippen LogP contribution in [0.25, 0.3) is 0 Å². The van der Waals surface area contributed by atoms with Crippen molar-refractivity contribution >= 4 is 11.9 Å². The van der Waals surface area contributed by atoms with E-state index < -0.39 is 35.1 Å². The lowest BCUT2D eigenvalue weighted by Crippen LogP contribution is -2.43. The normalized spacial score (nSPS) is 11.5. The topological polar surface area (TPSA) is 77.5 Å². The Hall–Kier alpha value is -3.03. The van der Waals surface area contributed by atoms with E-state index in [1.54, 1.807) is 12.1 Å². The molecule has 1 amide bonds. The van der Waals surface area contributed by atoms with Gasteiger partial charge in [-0.05, 0) is 17.7 Å². The van der Waals surface area contributed by atoms with E-state index in [4.69, 9.17) is 4.74 Å². The molecule has 1 aromatic heterocycles. The summed E-state index contributed by atoms with van der Waals surface area (Å²) in [7, 11) is 2.63. The van der Waals surface area contributed by atoms with Crippen LogP contribution in [0.4, 0.5) is 8.78 Å². The molecule has 8 heteroatoms. The van der Waals surface area contributed by atoms with Gasteiger partial charge < -0.3 is 14.8 Å². The maximum absolute atomic E-state index is 13.7. The molecule has 0 saturated heterocycles. The SMILES string of the molecule is COC(=O)[C@H](Cc1ccc(OC)nc1)NC(=O)c1cccc(F)c1F. The maximum Gasteiger partial charge on any atom is 0.328 e. The quantitative estimate of drug-likeness (QED) is 0.805. The number of rotatable bonds is 6. The van der Waals surface area contributed by atoms with Crippen LogP contribution in [0.3, 0.4) is 0 Å². The van der Waals surface area contributed by atoms with Crippen LogP contribution in [0, 0.1) is 11.6 Å². The molecule has 0 aliphatic carbocycles. The summed E-state index contributed by atoms with van der Waals surface area (Å²) in [5.41, 5.74) is 0.123. The third kappa shape index (κ3) is 4.50. The van der Waals surface area contributed by atoms with Gasteiger partial charge in [-0.2, -0.15) is 0 Å². The van der Waals surface area contributed by atoms with Gasteiger partial charge in [-0.1, -0.05) is 12.1 Å². The Morgan fingerprint density at radius 3 is 2.56 bits per heavy atom. The monoisotopic (exact) mass is 350 g/mol. The van der Waals surface area contributed by atoms with Crippen LogP contribution in [-0.4, -0.2) is 37.1 Å². The number of benzene rings is 1. The number of ether oxygens (including phenoxy) is 2. The summed E-state index contributed by atoms with van der Waals surface area (Å²) < 4.78 is 36.6. The highest BCUT2D eigenvalue weighted by Crippen LogP contribution is 2.13. The van der Waals surface area contributed by atoms with Crippen LogP contribution in [0.2, 0.25) is 0 Å². The molecule has 1 aromatic carbocycles. The van der Waals surface area contributed by atoms with Gasteiger partial charge in [0.25, 0.3) is 5.91 Å². The summed E-state index contributed by atoms with van der Waals surface area (Å²) >= 11 is 0. The second-order valence-electron chi connectivity index (χ2n) is 5.06. The standard InChI is InChI=1S/C17H16F2N2O4/c1-24-14-7-6-10(9-20-14)8-13(17(23)25-2)21-16(22)11-4-3-5-12(18)15(11)19/h3-7,9,13H,8H2,1-2H3,(H,21,22)/t13-/m0/s1. The van der Waals surface area contributed by atoms with Crippen LogP contribution < -0.4 is 10.1 Å². The second kappa shape index (κ2) is 8.18. The van der Waals surface area contributed by atoms with Gasteiger partial charge in [0.1, 0.15) is 6.04 Å². The van der Waals surface area contributed by atoms with Gasteiger partial charge in [0.2, 0.25) is 5.88 Å². The first-order valence-electron chi connectivity index (χ1n) is 7.28. The molecule has 25 heavy (non-hydrogen) atoms. The zero-order chi connectivity index (χ0) is 18.4. The van der Waals surface area contributed by atoms with Gasteiger partial charge in [-0.15, -0.1) is 0 Å². The fourth-order valence-corrected chi connectivity index (χ4v) is 2.14. The zero-order valence-electron chi connectivity index (χ0n) is 13.6. The van der Waals surface area contributed by atoms with Gasteiger partial charge in [0.15, 0.2) is 11.6 Å². The van der Waals surface area contributed by atoms with E-state index >= 15 is 0 Å². The van der Waals surface area contributed by atoms with Crippen LogP contribution in [0.15, 0.2) is 36.5 Å². The first kappa shape index (κ1) is 18.3. The molecule has 0 fully saturated rings. The van der Waals surface area contributed by atoms with Gasteiger partial charge in [0, 0.05) is 18.7 Å². The smallest absolute Gasteiger partial charge is 0.328 e. The average Bonchev–Trinajstić information content (AvgIpc) is 2.63. The number of pyridine rings is 1. The van der Waals surface area contributed by atoms with Crippen molar-refractivity contribution in [3.8, 4) is 5.88 Å². The largest absolute Gasteiger partial charge is 0.481 e. The van der Waals surface area contributed by atoms with E-state index in [-0.39, 0.29) is 6.42 Å². The minimum Gasteiger partial charge on any atom is -0.481 e. The summed E-state index contributed by atoms with van der Waals surface area (Å²) in [6, 6.07) is 5.39. The predicted octanol–water partition coefficient (Wildman–Crippen LogP) is 1.88. The van der Waals surface area contributed by atoms with E-state index in [0.717, 1.165) is 19.2 Å². The van der Waals surface area contributed by atoms with Crippen LogP contribution >= 0.6 is 0 Å². The van der Waals surface area contributed by atoms with Gasteiger partial charge in [-0.25, -0.2) is 18.6 Å². The van der Waals surface area contributed by atoms with Crippen molar-refractivity contribution in [2.24, 2.45) is 0 Å². The number of aromatic nitrogens is 1. The molecule has 1 atom stereocenters. The average molecular weight is 350 g/mol. The molecule has 2 rings (SSSR count). The van der Waals surface area contributed by atoms with E-state index in [0.29, 0.717) is 11.4 Å². The first-order valence-corrected chi connectivity index (χ1v) is 7.28. The minimum absolute atomic E-state index is 0.0618. The van der Waals surface area contributed by atoms with Crippen molar-refractivity contribution in [1.29, 1.82) is 0 Å². The number of hydrogen-bond donors (Lipinski definition) is 1. The van der Waals surface area contributed by atoms with E-state index in [9.17, 15) is 18.4 Å². The van der Waals surface area contributed by atoms with Crippen LogP contribution in [0.5, 0.6) is 5.88 Å². The lowest BCUT2D eigenvalue weighted by molar-refractivity contribution is -0.142. The van der Waals surface area contributed by atoms with Gasteiger partial charge in [0.05, 0.1) is 19.8 Å². The summed E-state index contributed by atoms with van der Waals surface area (Å²) in [6.45, 7) is 0. The Bertz CT molecular complexity index is 766. The van der Waals surface area contributed by atoms with Crippen molar-refractivity contribution in [3.63, 3.8) is 0 Å². The molecule has 1 N–H and O–H groups in total. The Balaban J connectivity index is 2.18. The summed E-state index contributed by atoms with van der Waals surface area (Å²) in [4.78, 5) is 28.1. The third-order valence-electron chi connectivity index (χ3n) is 3.43. The second-order valence-corrected chi connectivity index (χ2v) is 5.06. The lowest BCUT2D eigenvalue weighted by atomic mass is 10.1. The van der Waals surface area contributed by atoms with Crippen molar-refractivity contribution in [1.82, 2.24) is 10.3 Å². The van der Waals surface area contributed by atoms with Crippen LogP contribution in [0.1, 0.15) is 15.9 Å². The number of nitrogens with one attached hydrogen (secondary N) is 1. The first-order chi connectivity index (χ1) is 12.0. The molecule has 0 spiro atoms. The Labute approximate surface area is 142 Å². The highest BCUT2D eigenvalue weighted by molar-refractivity contribution is 5.97.